The number of fused-ring (bicyclic) bond motifs is 1. The van der Waals surface area contributed by atoms with Crippen LogP contribution in [0, 0.1) is 5.82 Å². The van der Waals surface area contributed by atoms with Crippen LogP contribution in [-0.2, 0) is 11.2 Å². The number of carbonyl (C=O) groups excluding carboxylic acids is 2. The average molecular weight is 537 g/mol. The van der Waals surface area contributed by atoms with E-state index in [9.17, 15) is 14.0 Å². The summed E-state index contributed by atoms with van der Waals surface area (Å²) in [6.45, 7) is 4.82. The topological polar surface area (TPSA) is 65.1 Å². The highest BCUT2D eigenvalue weighted by atomic mass is 32.1. The number of amides is 3. The SMILES string of the molecule is COc1ccccc1NC(=O)N1CCN(C(=O)CCN2CCc3sccc3C2c2cccc(F)c2)CC1C. The number of benzene rings is 2. The van der Waals surface area contributed by atoms with E-state index in [-0.39, 0.29) is 29.8 Å². The quantitative estimate of drug-likeness (QED) is 0.482. The van der Waals surface area contributed by atoms with Crippen molar-refractivity contribution in [3.05, 3.63) is 81.8 Å². The van der Waals surface area contributed by atoms with Crippen LogP contribution in [0.15, 0.2) is 60.0 Å². The van der Waals surface area contributed by atoms with Crippen LogP contribution in [0.5, 0.6) is 5.75 Å². The minimum Gasteiger partial charge on any atom is -0.495 e. The molecule has 9 heteroatoms. The summed E-state index contributed by atoms with van der Waals surface area (Å²) in [5.41, 5.74) is 2.75. The highest BCUT2D eigenvalue weighted by molar-refractivity contribution is 7.10. The summed E-state index contributed by atoms with van der Waals surface area (Å²) in [7, 11) is 1.57. The molecule has 2 aromatic carbocycles. The molecule has 2 aliphatic rings. The molecule has 0 bridgehead atoms. The van der Waals surface area contributed by atoms with Gasteiger partial charge in [0.05, 0.1) is 18.8 Å². The molecule has 38 heavy (non-hydrogen) atoms. The van der Waals surface area contributed by atoms with E-state index in [1.807, 2.05) is 30.0 Å². The summed E-state index contributed by atoms with van der Waals surface area (Å²) >= 11 is 1.74. The van der Waals surface area contributed by atoms with Crippen LogP contribution in [0.25, 0.3) is 0 Å². The third-order valence-electron chi connectivity index (χ3n) is 7.43. The first-order valence-electron chi connectivity index (χ1n) is 13.0. The van der Waals surface area contributed by atoms with Crippen molar-refractivity contribution in [1.29, 1.82) is 0 Å². The molecule has 0 saturated carbocycles. The number of hydrogen-bond acceptors (Lipinski definition) is 5. The van der Waals surface area contributed by atoms with Crippen molar-refractivity contribution in [2.24, 2.45) is 0 Å². The molecule has 7 nitrogen and oxygen atoms in total. The fourth-order valence-corrected chi connectivity index (χ4v) is 6.40. The Kier molecular flexibility index (Phi) is 7.95. The van der Waals surface area contributed by atoms with Crippen molar-refractivity contribution in [2.75, 3.05) is 45.2 Å². The summed E-state index contributed by atoms with van der Waals surface area (Å²) in [6.07, 6.45) is 1.31. The lowest BCUT2D eigenvalue weighted by atomic mass is 9.93. The number of nitrogens with zero attached hydrogens (tertiary/aromatic N) is 3. The third-order valence-corrected chi connectivity index (χ3v) is 8.43. The lowest BCUT2D eigenvalue weighted by Gasteiger charge is -2.40. The van der Waals surface area contributed by atoms with Gasteiger partial charge in [-0.25, -0.2) is 9.18 Å². The molecule has 3 amide bonds. The minimum absolute atomic E-state index is 0.0528. The fraction of sp³-hybridized carbons (Fsp3) is 0.379. The first-order valence-corrected chi connectivity index (χ1v) is 13.9. The molecule has 0 aliphatic carbocycles. The van der Waals surface area contributed by atoms with Gasteiger partial charge in [-0.2, -0.15) is 0 Å². The Balaban J connectivity index is 1.19. The van der Waals surface area contributed by atoms with Gasteiger partial charge in [-0.05, 0) is 60.2 Å². The molecular weight excluding hydrogens is 503 g/mol. The summed E-state index contributed by atoms with van der Waals surface area (Å²) in [5, 5.41) is 5.02. The summed E-state index contributed by atoms with van der Waals surface area (Å²) in [4.78, 5) is 33.4. The van der Waals surface area contributed by atoms with Gasteiger partial charge >= 0.3 is 6.03 Å². The van der Waals surface area contributed by atoms with Crippen LogP contribution in [0.2, 0.25) is 0 Å². The van der Waals surface area contributed by atoms with Crippen molar-refractivity contribution >= 4 is 29.0 Å². The predicted molar refractivity (Wildman–Crippen MR) is 147 cm³/mol. The molecule has 2 atom stereocenters. The van der Waals surface area contributed by atoms with Crippen molar-refractivity contribution in [3.63, 3.8) is 0 Å². The number of nitrogens with one attached hydrogen (secondary N) is 1. The maximum Gasteiger partial charge on any atom is 0.322 e. The molecule has 200 valence electrons. The van der Waals surface area contributed by atoms with E-state index < -0.39 is 0 Å². The molecule has 2 aliphatic heterocycles. The highest BCUT2D eigenvalue weighted by Gasteiger charge is 2.33. The van der Waals surface area contributed by atoms with Gasteiger partial charge in [-0.15, -0.1) is 11.3 Å². The fourth-order valence-electron chi connectivity index (χ4n) is 5.49. The zero-order valence-electron chi connectivity index (χ0n) is 21.7. The van der Waals surface area contributed by atoms with Crippen molar-refractivity contribution < 1.29 is 18.7 Å². The number of carbonyl (C=O) groups is 2. The number of thiophene rings is 1. The highest BCUT2D eigenvalue weighted by Crippen LogP contribution is 2.38. The van der Waals surface area contributed by atoms with Crippen molar-refractivity contribution in [3.8, 4) is 5.75 Å². The zero-order chi connectivity index (χ0) is 26.6. The van der Waals surface area contributed by atoms with Gasteiger partial charge in [-0.1, -0.05) is 24.3 Å². The van der Waals surface area contributed by atoms with Crippen LogP contribution < -0.4 is 10.1 Å². The van der Waals surface area contributed by atoms with E-state index in [0.29, 0.717) is 44.0 Å². The predicted octanol–water partition coefficient (Wildman–Crippen LogP) is 5.00. The molecule has 3 heterocycles. The Morgan fingerprint density at radius 2 is 1.95 bits per heavy atom. The largest absolute Gasteiger partial charge is 0.495 e. The van der Waals surface area contributed by atoms with Crippen LogP contribution >= 0.6 is 11.3 Å². The molecule has 0 spiro atoms. The van der Waals surface area contributed by atoms with Gasteiger partial charge in [0.1, 0.15) is 11.6 Å². The summed E-state index contributed by atoms with van der Waals surface area (Å²) in [5.74, 6) is 0.435. The maximum absolute atomic E-state index is 14.1. The number of rotatable bonds is 6. The molecule has 1 fully saturated rings. The Labute approximate surface area is 226 Å². The van der Waals surface area contributed by atoms with E-state index in [1.165, 1.54) is 16.5 Å². The molecule has 0 radical (unpaired) electrons. The smallest absolute Gasteiger partial charge is 0.322 e. The zero-order valence-corrected chi connectivity index (χ0v) is 22.5. The number of para-hydroxylation sites is 2. The number of halogens is 1. The second kappa shape index (κ2) is 11.5. The Morgan fingerprint density at radius 3 is 2.74 bits per heavy atom. The van der Waals surface area contributed by atoms with Crippen LogP contribution in [0.1, 0.15) is 35.4 Å². The molecule has 5 rings (SSSR count). The molecule has 2 unspecified atom stereocenters. The van der Waals surface area contributed by atoms with Crippen molar-refractivity contribution in [1.82, 2.24) is 14.7 Å². The first kappa shape index (κ1) is 26.2. The molecule has 1 aromatic heterocycles. The van der Waals surface area contributed by atoms with Gasteiger partial charge in [0, 0.05) is 50.1 Å². The second-order valence-electron chi connectivity index (χ2n) is 9.81. The van der Waals surface area contributed by atoms with Crippen LogP contribution in [0.3, 0.4) is 0 Å². The molecule has 1 saturated heterocycles. The Hall–Kier alpha value is -3.43. The third kappa shape index (κ3) is 5.54. The van der Waals surface area contributed by atoms with Crippen molar-refractivity contribution in [2.45, 2.75) is 31.8 Å². The Morgan fingerprint density at radius 1 is 1.11 bits per heavy atom. The van der Waals surface area contributed by atoms with E-state index >= 15 is 0 Å². The monoisotopic (exact) mass is 536 g/mol. The van der Waals surface area contributed by atoms with Gasteiger partial charge in [-0.3, -0.25) is 9.69 Å². The number of ether oxygens (including phenoxy) is 1. The normalized spacial score (nSPS) is 19.7. The first-order chi connectivity index (χ1) is 18.4. The van der Waals surface area contributed by atoms with Gasteiger partial charge in [0.2, 0.25) is 5.91 Å². The number of urea groups is 1. The van der Waals surface area contributed by atoms with E-state index in [4.69, 9.17) is 4.74 Å². The number of methoxy groups -OCH3 is 1. The average Bonchev–Trinajstić information content (AvgIpc) is 3.40. The number of piperazine rings is 1. The molecule has 1 N–H and O–H groups in total. The van der Waals surface area contributed by atoms with Gasteiger partial charge in [0.15, 0.2) is 0 Å². The van der Waals surface area contributed by atoms with Gasteiger partial charge < -0.3 is 19.9 Å². The van der Waals surface area contributed by atoms with Gasteiger partial charge in [0.25, 0.3) is 0 Å². The maximum atomic E-state index is 14.1. The second-order valence-corrected chi connectivity index (χ2v) is 10.8. The van der Waals surface area contributed by atoms with E-state index in [2.05, 4.69) is 21.7 Å². The van der Waals surface area contributed by atoms with Crippen LogP contribution in [0.4, 0.5) is 14.9 Å². The van der Waals surface area contributed by atoms with E-state index in [0.717, 1.165) is 18.5 Å². The molecule has 3 aromatic rings. The standard InChI is InChI=1S/C29H33FN4O3S/c1-20-19-33(15-16-34(20)29(36)31-24-8-3-4-9-25(24)37-2)27(35)11-14-32-13-10-26-23(12-17-38-26)28(32)21-6-5-7-22(30)18-21/h3-9,12,17-18,20,28H,10-11,13-16,19H2,1-2H3,(H,31,36). The lowest BCUT2D eigenvalue weighted by Crippen LogP contribution is -2.56. The van der Waals surface area contributed by atoms with E-state index in [1.54, 1.807) is 47.6 Å². The minimum atomic E-state index is -0.248. The molecular formula is C29H33FN4O3S. The number of hydrogen-bond donors (Lipinski definition) is 1. The van der Waals surface area contributed by atoms with Crippen LogP contribution in [-0.4, -0.2) is 72.5 Å². The summed E-state index contributed by atoms with van der Waals surface area (Å²) < 4.78 is 19.4. The Bertz CT molecular complexity index is 1300. The number of anilines is 1. The summed E-state index contributed by atoms with van der Waals surface area (Å²) in [6, 6.07) is 15.8. The lowest BCUT2D eigenvalue weighted by molar-refractivity contribution is -0.134.